The van der Waals surface area contributed by atoms with Gasteiger partial charge in [-0.25, -0.2) is 4.39 Å². The molecule has 0 radical (unpaired) electrons. The number of Topliss-reactive ketones (excluding diaryl/α,β-unsaturated/α-hetero) is 1. The van der Waals surface area contributed by atoms with Crippen molar-refractivity contribution in [3.63, 3.8) is 0 Å². The molecule has 1 atom stereocenters. The zero-order valence-corrected chi connectivity index (χ0v) is 20.3. The van der Waals surface area contributed by atoms with Crippen molar-refractivity contribution < 1.29 is 23.8 Å². The number of rotatable bonds is 10. The molecule has 1 fully saturated rings. The Bertz CT molecular complexity index is 1060. The lowest BCUT2D eigenvalue weighted by Gasteiger charge is -2.26. The number of benzene rings is 2. The smallest absolute Gasteiger partial charge is 0.295 e. The molecule has 0 spiro atoms. The number of aliphatic hydroxyl groups is 1. The first-order valence-corrected chi connectivity index (χ1v) is 11.7. The second kappa shape index (κ2) is 11.3. The Labute approximate surface area is 200 Å². The molecule has 1 saturated heterocycles. The maximum atomic E-state index is 13.6. The number of hydrogen-bond donors (Lipinski definition) is 1. The molecular formula is C27H33FN2O4. The number of unbranched alkanes of at least 4 members (excludes halogenated alkanes) is 1. The van der Waals surface area contributed by atoms with Gasteiger partial charge in [0.25, 0.3) is 11.7 Å². The van der Waals surface area contributed by atoms with Gasteiger partial charge in [-0.15, -0.1) is 0 Å². The van der Waals surface area contributed by atoms with Gasteiger partial charge in [-0.2, -0.15) is 0 Å². The van der Waals surface area contributed by atoms with Crippen molar-refractivity contribution in [2.75, 3.05) is 33.8 Å². The van der Waals surface area contributed by atoms with Crippen LogP contribution in [0.4, 0.5) is 4.39 Å². The molecule has 7 heteroatoms. The third-order valence-electron chi connectivity index (χ3n) is 5.93. The summed E-state index contributed by atoms with van der Waals surface area (Å²) in [6.07, 6.45) is 2.62. The zero-order chi connectivity index (χ0) is 24.8. The molecule has 0 unspecified atom stereocenters. The van der Waals surface area contributed by atoms with Gasteiger partial charge < -0.3 is 19.6 Å². The quantitative estimate of drug-likeness (QED) is 0.237. The Morgan fingerprint density at radius 3 is 2.44 bits per heavy atom. The van der Waals surface area contributed by atoms with Crippen LogP contribution in [0.2, 0.25) is 0 Å². The monoisotopic (exact) mass is 468 g/mol. The normalized spacial score (nSPS) is 17.6. The minimum Gasteiger partial charge on any atom is -0.507 e. The van der Waals surface area contributed by atoms with Gasteiger partial charge in [0.2, 0.25) is 0 Å². The van der Waals surface area contributed by atoms with Crippen LogP contribution < -0.4 is 4.74 Å². The Kier molecular flexibility index (Phi) is 8.45. The van der Waals surface area contributed by atoms with E-state index in [1.807, 2.05) is 25.9 Å². The van der Waals surface area contributed by atoms with Crippen LogP contribution in [0.15, 0.2) is 48.0 Å². The zero-order valence-electron chi connectivity index (χ0n) is 20.3. The SMILES string of the molecule is CCCCOc1ccc(/C(O)=C2\C(=O)C(=O)N(CCCN(C)C)[C@@H]2c2ccc(F)cc2)cc1C. The fraction of sp³-hybridized carbons (Fsp3) is 0.407. The molecule has 182 valence electrons. The lowest BCUT2D eigenvalue weighted by Crippen LogP contribution is -2.32. The highest BCUT2D eigenvalue weighted by Crippen LogP contribution is 2.40. The molecule has 0 aromatic heterocycles. The van der Waals surface area contributed by atoms with Crippen LogP contribution in [-0.2, 0) is 9.59 Å². The molecule has 34 heavy (non-hydrogen) atoms. The number of amides is 1. The van der Waals surface area contributed by atoms with E-state index < -0.39 is 23.5 Å². The minimum atomic E-state index is -0.788. The molecular weight excluding hydrogens is 435 g/mol. The summed E-state index contributed by atoms with van der Waals surface area (Å²) in [4.78, 5) is 29.5. The van der Waals surface area contributed by atoms with Crippen molar-refractivity contribution in [3.05, 3.63) is 70.5 Å². The summed E-state index contributed by atoms with van der Waals surface area (Å²) < 4.78 is 19.4. The molecule has 6 nitrogen and oxygen atoms in total. The van der Waals surface area contributed by atoms with Gasteiger partial charge in [-0.1, -0.05) is 25.5 Å². The van der Waals surface area contributed by atoms with Gasteiger partial charge in [0.15, 0.2) is 0 Å². The molecule has 1 N–H and O–H groups in total. The molecule has 1 aliphatic heterocycles. The van der Waals surface area contributed by atoms with Crippen molar-refractivity contribution in [2.45, 2.75) is 39.2 Å². The number of hydrogen-bond acceptors (Lipinski definition) is 5. The molecule has 1 heterocycles. The number of likely N-dealkylation sites (tertiary alicyclic amines) is 1. The molecule has 0 aliphatic carbocycles. The Hall–Kier alpha value is -3.19. The van der Waals surface area contributed by atoms with Crippen molar-refractivity contribution in [3.8, 4) is 5.75 Å². The Balaban J connectivity index is 2.02. The van der Waals surface area contributed by atoms with Crippen LogP contribution >= 0.6 is 0 Å². The summed E-state index contributed by atoms with van der Waals surface area (Å²) >= 11 is 0. The number of carbonyl (C=O) groups is 2. The van der Waals surface area contributed by atoms with Gasteiger partial charge in [0.05, 0.1) is 18.2 Å². The highest BCUT2D eigenvalue weighted by molar-refractivity contribution is 6.46. The topological polar surface area (TPSA) is 70.1 Å². The molecule has 0 bridgehead atoms. The maximum absolute atomic E-state index is 13.6. The van der Waals surface area contributed by atoms with Crippen molar-refractivity contribution in [1.82, 2.24) is 9.80 Å². The summed E-state index contributed by atoms with van der Waals surface area (Å²) in [5.74, 6) is -1.35. The standard InChI is InChI=1S/C27H33FN2O4/c1-5-6-16-34-22-13-10-20(17-18(22)2)25(31)23-24(19-8-11-21(28)12-9-19)30(27(33)26(23)32)15-7-14-29(3)4/h8-13,17,24,31H,5-7,14-16H2,1-4H3/b25-23+/t24-/m1/s1. The summed E-state index contributed by atoms with van der Waals surface area (Å²) in [5, 5.41) is 11.2. The fourth-order valence-corrected chi connectivity index (χ4v) is 4.10. The van der Waals surface area contributed by atoms with E-state index in [0.717, 1.165) is 24.9 Å². The summed E-state index contributed by atoms with van der Waals surface area (Å²) in [6.45, 7) is 5.63. The van der Waals surface area contributed by atoms with Gasteiger partial charge in [-0.05, 0) is 81.9 Å². The molecule has 1 aliphatic rings. The average molecular weight is 469 g/mol. The largest absolute Gasteiger partial charge is 0.507 e. The van der Waals surface area contributed by atoms with Crippen LogP contribution in [0.1, 0.15) is 48.9 Å². The Morgan fingerprint density at radius 1 is 1.12 bits per heavy atom. The maximum Gasteiger partial charge on any atom is 0.295 e. The van der Waals surface area contributed by atoms with Crippen LogP contribution in [0.5, 0.6) is 5.75 Å². The van der Waals surface area contributed by atoms with Crippen LogP contribution in [0.3, 0.4) is 0 Å². The van der Waals surface area contributed by atoms with E-state index in [0.29, 0.717) is 36.4 Å². The van der Waals surface area contributed by atoms with E-state index in [9.17, 15) is 19.1 Å². The first-order chi connectivity index (χ1) is 16.2. The molecule has 0 saturated carbocycles. The van der Waals surface area contributed by atoms with Crippen molar-refractivity contribution in [1.29, 1.82) is 0 Å². The summed E-state index contributed by atoms with van der Waals surface area (Å²) in [6, 6.07) is 10.1. The molecule has 2 aromatic rings. The Morgan fingerprint density at radius 2 is 1.82 bits per heavy atom. The van der Waals surface area contributed by atoms with E-state index in [2.05, 4.69) is 6.92 Å². The first kappa shape index (κ1) is 25.4. The van der Waals surface area contributed by atoms with Gasteiger partial charge in [-0.3, -0.25) is 9.59 Å². The predicted molar refractivity (Wildman–Crippen MR) is 130 cm³/mol. The van der Waals surface area contributed by atoms with Crippen molar-refractivity contribution >= 4 is 17.4 Å². The number of ketones is 1. The van der Waals surface area contributed by atoms with E-state index in [-0.39, 0.29) is 11.3 Å². The van der Waals surface area contributed by atoms with Crippen LogP contribution in [-0.4, -0.2) is 60.4 Å². The van der Waals surface area contributed by atoms with Crippen LogP contribution in [0, 0.1) is 12.7 Å². The second-order valence-corrected chi connectivity index (χ2v) is 8.88. The molecule has 3 rings (SSSR count). The van der Waals surface area contributed by atoms with Gasteiger partial charge in [0, 0.05) is 12.1 Å². The third kappa shape index (κ3) is 5.65. The van der Waals surface area contributed by atoms with E-state index in [1.54, 1.807) is 30.3 Å². The number of ether oxygens (including phenoxy) is 1. The van der Waals surface area contributed by atoms with E-state index >= 15 is 0 Å². The predicted octanol–water partition coefficient (Wildman–Crippen LogP) is 4.69. The lowest BCUT2D eigenvalue weighted by molar-refractivity contribution is -0.139. The van der Waals surface area contributed by atoms with Gasteiger partial charge in [0.1, 0.15) is 17.3 Å². The molecule has 2 aromatic carbocycles. The first-order valence-electron chi connectivity index (χ1n) is 11.7. The van der Waals surface area contributed by atoms with Crippen molar-refractivity contribution in [2.24, 2.45) is 0 Å². The number of aliphatic hydroxyl groups excluding tert-OH is 1. The number of nitrogens with zero attached hydrogens (tertiary/aromatic N) is 2. The molecule has 1 amide bonds. The fourth-order valence-electron chi connectivity index (χ4n) is 4.10. The highest BCUT2D eigenvalue weighted by Gasteiger charge is 2.45. The van der Waals surface area contributed by atoms with Crippen LogP contribution in [0.25, 0.3) is 5.76 Å². The second-order valence-electron chi connectivity index (χ2n) is 8.88. The average Bonchev–Trinajstić information content (AvgIpc) is 3.05. The highest BCUT2D eigenvalue weighted by atomic mass is 19.1. The lowest BCUT2D eigenvalue weighted by atomic mass is 9.94. The third-order valence-corrected chi connectivity index (χ3v) is 5.93. The number of carbonyl (C=O) groups excluding carboxylic acids is 2. The number of halogens is 1. The van der Waals surface area contributed by atoms with E-state index in [4.69, 9.17) is 4.74 Å². The summed E-state index contributed by atoms with van der Waals surface area (Å²) in [7, 11) is 3.87. The van der Waals surface area contributed by atoms with Gasteiger partial charge >= 0.3 is 0 Å². The summed E-state index contributed by atoms with van der Waals surface area (Å²) in [5.41, 5.74) is 1.83. The minimum absolute atomic E-state index is 0.0144. The van der Waals surface area contributed by atoms with E-state index in [1.165, 1.54) is 17.0 Å². The number of aryl methyl sites for hydroxylation is 1.